The number of benzene rings is 4. The molecule has 0 aliphatic rings. The van der Waals surface area contributed by atoms with Crippen LogP contribution in [0, 0.1) is 0 Å². The molecule has 0 bridgehead atoms. The molecule has 2 N–H and O–H groups in total. The zero-order valence-electron chi connectivity index (χ0n) is 18.6. The Labute approximate surface area is 212 Å². The van der Waals surface area contributed by atoms with E-state index in [4.69, 9.17) is 0 Å². The summed E-state index contributed by atoms with van der Waals surface area (Å²) in [4.78, 5) is 76.6. The van der Waals surface area contributed by atoms with Gasteiger partial charge in [-0.25, -0.2) is 0 Å². The zero-order valence-corrected chi connectivity index (χ0v) is 19.4. The molecule has 1 heterocycles. The van der Waals surface area contributed by atoms with E-state index in [-0.39, 0.29) is 0 Å². The molecule has 0 radical (unpaired) electrons. The van der Waals surface area contributed by atoms with Crippen LogP contribution in [0.2, 0.25) is 0 Å². The average Bonchev–Trinajstić information content (AvgIpc) is 3.26. The summed E-state index contributed by atoms with van der Waals surface area (Å²) in [5, 5.41) is -0.431. The number of alkyl halides is 6. The van der Waals surface area contributed by atoms with E-state index >= 15 is 0 Å². The van der Waals surface area contributed by atoms with Crippen LogP contribution in [0.5, 0.6) is 0 Å². The first-order valence-electron chi connectivity index (χ1n) is 10.5. The van der Waals surface area contributed by atoms with Gasteiger partial charge in [-0.05, 0) is 12.1 Å². The number of thiophene rings is 1. The quantitative estimate of drug-likeness (QED) is 0.314. The normalized spacial score (nSPS) is 12.5. The van der Waals surface area contributed by atoms with Crippen molar-refractivity contribution < 1.29 is 35.9 Å². The second-order valence-electron chi connectivity index (χ2n) is 8.19. The Morgan fingerprint density at radius 2 is 0.923 bits per heavy atom. The molecule has 2 amide bonds. The standard InChI is InChI=1S/C24H8F6N2O6S/c25-23(26,27)21(37)31-9-5-1-3-7-11(9)17(35)13-14-18(36)12-8(16(34)20(14)39-19(13)15(7)33)4-2-6-10(12)32-22(38)24(28,29)30/h1-6H,(H,31,37)(H,32,38). The minimum atomic E-state index is -5.35. The Morgan fingerprint density at radius 3 is 1.26 bits per heavy atom. The van der Waals surface area contributed by atoms with Crippen LogP contribution in [-0.2, 0) is 9.59 Å². The second-order valence-corrected chi connectivity index (χ2v) is 9.21. The van der Waals surface area contributed by atoms with Crippen LogP contribution in [0.25, 0.3) is 41.7 Å². The predicted molar refractivity (Wildman–Crippen MR) is 131 cm³/mol. The van der Waals surface area contributed by atoms with Gasteiger partial charge >= 0.3 is 24.2 Å². The van der Waals surface area contributed by atoms with Gasteiger partial charge in [0.05, 0.1) is 42.3 Å². The van der Waals surface area contributed by atoms with Crippen LogP contribution in [0.15, 0.2) is 55.6 Å². The molecule has 0 aliphatic heterocycles. The molecule has 4 aromatic carbocycles. The lowest BCUT2D eigenvalue weighted by molar-refractivity contribution is -0.167. The highest BCUT2D eigenvalue weighted by atomic mass is 32.1. The Kier molecular flexibility index (Phi) is 5.61. The first-order chi connectivity index (χ1) is 18.1. The Bertz CT molecular complexity index is 1970. The molecule has 198 valence electrons. The zero-order chi connectivity index (χ0) is 28.6. The maximum Gasteiger partial charge on any atom is 0.471 e. The second kappa shape index (κ2) is 8.42. The third kappa shape index (κ3) is 3.93. The maximum atomic E-state index is 13.5. The summed E-state index contributed by atoms with van der Waals surface area (Å²) in [6.07, 6.45) is -10.7. The summed E-state index contributed by atoms with van der Waals surface area (Å²) in [5.74, 6) is -4.89. The molecule has 0 unspecified atom stereocenters. The summed E-state index contributed by atoms with van der Waals surface area (Å²) in [6, 6.07) is 6.26. The molecule has 0 spiro atoms. The van der Waals surface area contributed by atoms with Gasteiger partial charge in [-0.1, -0.05) is 24.3 Å². The molecule has 0 atom stereocenters. The van der Waals surface area contributed by atoms with Gasteiger partial charge in [0.25, 0.3) is 0 Å². The van der Waals surface area contributed by atoms with Crippen molar-refractivity contribution in [3.05, 3.63) is 77.3 Å². The van der Waals surface area contributed by atoms with Crippen molar-refractivity contribution in [1.29, 1.82) is 0 Å². The highest BCUT2D eigenvalue weighted by molar-refractivity contribution is 7.25. The van der Waals surface area contributed by atoms with E-state index in [2.05, 4.69) is 0 Å². The van der Waals surface area contributed by atoms with Crippen molar-refractivity contribution in [1.82, 2.24) is 0 Å². The maximum absolute atomic E-state index is 13.5. The fraction of sp³-hybridized carbons (Fsp3) is 0.0833. The molecular formula is C24H8F6N2O6S. The van der Waals surface area contributed by atoms with Gasteiger partial charge in [0.2, 0.25) is 10.9 Å². The predicted octanol–water partition coefficient (Wildman–Crippen LogP) is 3.68. The van der Waals surface area contributed by atoms with Crippen LogP contribution >= 0.6 is 11.3 Å². The van der Waals surface area contributed by atoms with Gasteiger partial charge in [-0.2, -0.15) is 26.3 Å². The molecule has 39 heavy (non-hydrogen) atoms. The number of halogens is 6. The topological polar surface area (TPSA) is 126 Å². The Hall–Kier alpha value is -4.66. The fourth-order valence-corrected chi connectivity index (χ4v) is 5.45. The van der Waals surface area contributed by atoms with E-state index in [1.165, 1.54) is 10.6 Å². The van der Waals surface area contributed by atoms with Gasteiger partial charge in [0.1, 0.15) is 0 Å². The molecule has 8 nitrogen and oxygen atoms in total. The van der Waals surface area contributed by atoms with Crippen molar-refractivity contribution in [2.45, 2.75) is 12.4 Å². The van der Waals surface area contributed by atoms with Crippen molar-refractivity contribution in [2.24, 2.45) is 0 Å². The van der Waals surface area contributed by atoms with Crippen molar-refractivity contribution in [3.8, 4) is 0 Å². The van der Waals surface area contributed by atoms with Gasteiger partial charge in [-0.3, -0.25) is 28.8 Å². The first kappa shape index (κ1) is 26.0. The molecule has 0 fully saturated rings. The molecule has 0 aliphatic carbocycles. The van der Waals surface area contributed by atoms with Crippen LogP contribution in [0.3, 0.4) is 0 Å². The number of amides is 2. The van der Waals surface area contributed by atoms with E-state index in [9.17, 15) is 55.1 Å². The van der Waals surface area contributed by atoms with Gasteiger partial charge in [-0.15, -0.1) is 11.3 Å². The number of fused-ring (bicyclic) bond motifs is 5. The van der Waals surface area contributed by atoms with Crippen molar-refractivity contribution in [2.75, 3.05) is 10.6 Å². The van der Waals surface area contributed by atoms with E-state index in [0.29, 0.717) is 11.3 Å². The number of anilines is 2. The molecule has 1 aromatic heterocycles. The van der Waals surface area contributed by atoms with Crippen LogP contribution in [-0.4, -0.2) is 24.2 Å². The third-order valence-corrected chi connectivity index (χ3v) is 7.05. The van der Waals surface area contributed by atoms with Gasteiger partial charge < -0.3 is 10.6 Å². The molecule has 0 saturated heterocycles. The lowest BCUT2D eigenvalue weighted by Crippen LogP contribution is -2.30. The molecular weight excluding hydrogens is 558 g/mol. The van der Waals surface area contributed by atoms with Gasteiger partial charge in [0, 0.05) is 10.8 Å². The number of hydrogen-bond donors (Lipinski definition) is 2. The SMILES string of the molecule is O=C(Nc1cccc2c(=O)c3sc4c(=O)c5cccc(NC(=O)C(F)(F)F)c5c(=O)c4c3c(=O)c12)C(F)(F)F. The number of carbonyl (C=O) groups excluding carboxylic acids is 2. The lowest BCUT2D eigenvalue weighted by Gasteiger charge is -2.10. The summed E-state index contributed by atoms with van der Waals surface area (Å²) in [5.41, 5.74) is -5.58. The van der Waals surface area contributed by atoms with Crippen LogP contribution in [0.4, 0.5) is 37.7 Å². The summed E-state index contributed by atoms with van der Waals surface area (Å²) in [7, 11) is 0. The van der Waals surface area contributed by atoms with E-state index in [1.54, 1.807) is 0 Å². The molecule has 0 saturated carbocycles. The minimum absolute atomic E-state index is 0.396. The van der Waals surface area contributed by atoms with Crippen LogP contribution < -0.4 is 32.3 Å². The highest BCUT2D eigenvalue weighted by Gasteiger charge is 2.40. The number of rotatable bonds is 2. The lowest BCUT2D eigenvalue weighted by atomic mass is 10.00. The van der Waals surface area contributed by atoms with E-state index in [1.807, 2.05) is 0 Å². The first-order valence-corrected chi connectivity index (χ1v) is 11.3. The number of nitrogens with one attached hydrogen (secondary N) is 2. The monoisotopic (exact) mass is 566 g/mol. The average molecular weight is 566 g/mol. The molecule has 5 rings (SSSR count). The Balaban J connectivity index is 1.93. The third-order valence-electron chi connectivity index (χ3n) is 5.86. The molecule has 5 aromatic rings. The van der Waals surface area contributed by atoms with E-state index in [0.717, 1.165) is 36.4 Å². The number of carbonyl (C=O) groups is 2. The fourth-order valence-electron chi connectivity index (χ4n) is 4.25. The van der Waals surface area contributed by atoms with Crippen LogP contribution in [0.1, 0.15) is 0 Å². The smallest absolute Gasteiger partial charge is 0.318 e. The largest absolute Gasteiger partial charge is 0.471 e. The summed E-state index contributed by atoms with van der Waals surface area (Å²) in [6.45, 7) is 0. The van der Waals surface area contributed by atoms with Gasteiger partial charge in [0.15, 0.2) is 10.9 Å². The summed E-state index contributed by atoms with van der Waals surface area (Å²) < 4.78 is 76.3. The number of hydrogen-bond acceptors (Lipinski definition) is 7. The minimum Gasteiger partial charge on any atom is -0.318 e. The van der Waals surface area contributed by atoms with Crippen molar-refractivity contribution >= 4 is 76.2 Å². The summed E-state index contributed by atoms with van der Waals surface area (Å²) >= 11 is 0.461. The van der Waals surface area contributed by atoms with Crippen molar-refractivity contribution in [3.63, 3.8) is 0 Å². The van der Waals surface area contributed by atoms with E-state index < -0.39 is 99.0 Å². The Morgan fingerprint density at radius 1 is 0.564 bits per heavy atom. The molecule has 15 heteroatoms. The highest BCUT2D eigenvalue weighted by Crippen LogP contribution is 2.32.